The third kappa shape index (κ3) is 3.49. The van der Waals surface area contributed by atoms with Crippen LogP contribution in [0.2, 0.25) is 0 Å². The monoisotopic (exact) mass is 284 g/mol. The van der Waals surface area contributed by atoms with E-state index in [-0.39, 0.29) is 5.41 Å². The van der Waals surface area contributed by atoms with E-state index in [9.17, 15) is 0 Å². The van der Waals surface area contributed by atoms with Gasteiger partial charge >= 0.3 is 0 Å². The number of hydrogen-bond donors (Lipinski definition) is 1. The third-order valence-corrected chi connectivity index (χ3v) is 5.61. The Hall–Kier alpha value is -0.0600. The van der Waals surface area contributed by atoms with E-state index in [0.717, 1.165) is 11.8 Å². The lowest BCUT2D eigenvalue weighted by Crippen LogP contribution is -2.33. The smallest absolute Gasteiger partial charge is 0.107 e. The Labute approximate surface area is 119 Å². The van der Waals surface area contributed by atoms with E-state index in [2.05, 4.69) is 37.7 Å². The summed E-state index contributed by atoms with van der Waals surface area (Å²) in [6.07, 6.45) is 6.28. The van der Waals surface area contributed by atoms with Crippen molar-refractivity contribution in [1.82, 2.24) is 10.3 Å². The minimum Gasteiger partial charge on any atom is -0.307 e. The molecule has 0 saturated heterocycles. The Bertz CT molecular complexity index is 381. The summed E-state index contributed by atoms with van der Waals surface area (Å²) < 4.78 is 0. The number of hydrogen-bond acceptors (Lipinski definition) is 4. The summed E-state index contributed by atoms with van der Waals surface area (Å²) in [6.45, 7) is 7.60. The molecule has 1 N–H and O–H groups in total. The van der Waals surface area contributed by atoms with Crippen LogP contribution >= 0.6 is 23.1 Å². The quantitative estimate of drug-likeness (QED) is 0.910. The zero-order valence-corrected chi connectivity index (χ0v) is 13.5. The predicted molar refractivity (Wildman–Crippen MR) is 82.6 cm³/mol. The summed E-state index contributed by atoms with van der Waals surface area (Å²) >= 11 is 3.79. The summed E-state index contributed by atoms with van der Waals surface area (Å²) in [5, 5.41) is 7.92. The highest BCUT2D eigenvalue weighted by Gasteiger charge is 2.26. The van der Waals surface area contributed by atoms with Gasteiger partial charge in [0.05, 0.1) is 5.69 Å². The molecule has 0 radical (unpaired) electrons. The molecule has 2 atom stereocenters. The first kappa shape index (κ1) is 14.4. The molecule has 0 amide bonds. The molecule has 2 nitrogen and oxygen atoms in total. The molecule has 1 aliphatic carbocycles. The first-order valence-corrected chi connectivity index (χ1v) is 8.88. The molecule has 0 bridgehead atoms. The van der Waals surface area contributed by atoms with Crippen molar-refractivity contribution >= 4 is 23.1 Å². The second-order valence-electron chi connectivity index (χ2n) is 6.07. The molecule has 1 fully saturated rings. The molecule has 18 heavy (non-hydrogen) atoms. The van der Waals surface area contributed by atoms with E-state index in [4.69, 9.17) is 4.98 Å². The molecule has 102 valence electrons. The van der Waals surface area contributed by atoms with Gasteiger partial charge in [0.1, 0.15) is 5.01 Å². The van der Waals surface area contributed by atoms with Crippen LogP contribution in [0.3, 0.4) is 0 Å². The summed E-state index contributed by atoms with van der Waals surface area (Å²) in [4.78, 5) is 4.74. The number of thiazole rings is 1. The topological polar surface area (TPSA) is 24.9 Å². The van der Waals surface area contributed by atoms with Gasteiger partial charge in [-0.05, 0) is 19.1 Å². The molecule has 0 aromatic carbocycles. The van der Waals surface area contributed by atoms with Crippen LogP contribution in [0.1, 0.15) is 50.7 Å². The second kappa shape index (κ2) is 5.93. The van der Waals surface area contributed by atoms with Gasteiger partial charge in [-0.1, -0.05) is 27.2 Å². The Morgan fingerprint density at radius 1 is 1.44 bits per heavy atom. The maximum Gasteiger partial charge on any atom is 0.107 e. The largest absolute Gasteiger partial charge is 0.307 e. The zero-order valence-electron chi connectivity index (χ0n) is 11.8. The first-order valence-electron chi connectivity index (χ1n) is 6.72. The van der Waals surface area contributed by atoms with Crippen molar-refractivity contribution in [2.24, 2.45) is 0 Å². The summed E-state index contributed by atoms with van der Waals surface area (Å²) in [6, 6.07) is 0.682. The van der Waals surface area contributed by atoms with Crippen LogP contribution in [0.15, 0.2) is 5.38 Å². The molecule has 0 spiro atoms. The van der Waals surface area contributed by atoms with Gasteiger partial charge in [-0.25, -0.2) is 4.98 Å². The summed E-state index contributed by atoms with van der Waals surface area (Å²) in [5.41, 5.74) is 1.39. The molecule has 1 saturated carbocycles. The molecule has 2 unspecified atom stereocenters. The Morgan fingerprint density at radius 3 is 2.83 bits per heavy atom. The highest BCUT2D eigenvalue weighted by atomic mass is 32.2. The molecular formula is C14H24N2S2. The van der Waals surface area contributed by atoms with Gasteiger partial charge in [-0.2, -0.15) is 11.8 Å². The first-order chi connectivity index (χ1) is 8.50. The number of nitrogens with one attached hydrogen (secondary N) is 1. The van der Waals surface area contributed by atoms with Crippen LogP contribution in [0.25, 0.3) is 0 Å². The van der Waals surface area contributed by atoms with Gasteiger partial charge < -0.3 is 5.32 Å². The van der Waals surface area contributed by atoms with E-state index >= 15 is 0 Å². The van der Waals surface area contributed by atoms with Crippen molar-refractivity contribution in [2.75, 3.05) is 6.26 Å². The lowest BCUT2D eigenvalue weighted by Gasteiger charge is -2.18. The van der Waals surface area contributed by atoms with E-state index in [0.29, 0.717) is 6.04 Å². The molecule has 4 heteroatoms. The van der Waals surface area contributed by atoms with Crippen LogP contribution in [-0.2, 0) is 12.0 Å². The van der Waals surface area contributed by atoms with Crippen LogP contribution in [0, 0.1) is 0 Å². The molecule has 1 aromatic heterocycles. The van der Waals surface area contributed by atoms with Crippen molar-refractivity contribution in [1.29, 1.82) is 0 Å². The van der Waals surface area contributed by atoms with Crippen LogP contribution in [0.5, 0.6) is 0 Å². The number of nitrogens with zero attached hydrogens (tertiary/aromatic N) is 1. The number of thioether (sulfide) groups is 1. The minimum atomic E-state index is 0.171. The molecule has 2 rings (SSSR count). The van der Waals surface area contributed by atoms with E-state index in [1.807, 2.05) is 11.8 Å². The summed E-state index contributed by atoms with van der Waals surface area (Å²) in [5.74, 6) is 0. The van der Waals surface area contributed by atoms with Crippen molar-refractivity contribution in [2.45, 2.75) is 63.3 Å². The van der Waals surface area contributed by atoms with Crippen molar-refractivity contribution in [3.05, 3.63) is 16.1 Å². The van der Waals surface area contributed by atoms with Crippen molar-refractivity contribution in [3.8, 4) is 0 Å². The molecule has 1 heterocycles. The SMILES string of the molecule is CSC1CCCC1NCc1nc(C(C)(C)C)cs1. The standard InChI is InChI=1S/C14H24N2S2/c1-14(2,3)12-9-18-13(16-12)8-15-10-6-5-7-11(10)17-4/h9-11,15H,5-8H2,1-4H3. The summed E-state index contributed by atoms with van der Waals surface area (Å²) in [7, 11) is 0. The highest BCUT2D eigenvalue weighted by Crippen LogP contribution is 2.29. The maximum absolute atomic E-state index is 4.74. The van der Waals surface area contributed by atoms with Crippen LogP contribution in [0.4, 0.5) is 0 Å². The van der Waals surface area contributed by atoms with Gasteiger partial charge in [-0.15, -0.1) is 11.3 Å². The maximum atomic E-state index is 4.74. The fourth-order valence-corrected chi connectivity index (χ4v) is 4.33. The lowest BCUT2D eigenvalue weighted by atomic mass is 9.93. The Balaban J connectivity index is 1.89. The zero-order chi connectivity index (χ0) is 13.2. The van der Waals surface area contributed by atoms with E-state index in [1.54, 1.807) is 11.3 Å². The van der Waals surface area contributed by atoms with Crippen molar-refractivity contribution in [3.63, 3.8) is 0 Å². The normalized spacial score (nSPS) is 24.7. The number of aromatic nitrogens is 1. The minimum absolute atomic E-state index is 0.171. The molecule has 1 aliphatic rings. The predicted octanol–water partition coefficient (Wildman–Crippen LogP) is 3.81. The Morgan fingerprint density at radius 2 is 2.22 bits per heavy atom. The van der Waals surface area contributed by atoms with Crippen LogP contribution in [-0.4, -0.2) is 22.5 Å². The third-order valence-electron chi connectivity index (χ3n) is 3.59. The van der Waals surface area contributed by atoms with Crippen molar-refractivity contribution < 1.29 is 0 Å². The average Bonchev–Trinajstić information content (AvgIpc) is 2.94. The second-order valence-corrected chi connectivity index (χ2v) is 8.09. The van der Waals surface area contributed by atoms with E-state index in [1.165, 1.54) is 30.0 Å². The van der Waals surface area contributed by atoms with Gasteiger partial charge in [-0.3, -0.25) is 0 Å². The highest BCUT2D eigenvalue weighted by molar-refractivity contribution is 7.99. The molecule has 1 aromatic rings. The van der Waals surface area contributed by atoms with Gasteiger partial charge in [0.15, 0.2) is 0 Å². The molecule has 0 aliphatic heterocycles. The van der Waals surface area contributed by atoms with Gasteiger partial charge in [0.2, 0.25) is 0 Å². The van der Waals surface area contributed by atoms with E-state index < -0.39 is 0 Å². The van der Waals surface area contributed by atoms with Gasteiger partial charge in [0.25, 0.3) is 0 Å². The van der Waals surface area contributed by atoms with Gasteiger partial charge in [0, 0.05) is 28.6 Å². The average molecular weight is 284 g/mol. The molecular weight excluding hydrogens is 260 g/mol. The lowest BCUT2D eigenvalue weighted by molar-refractivity contribution is 0.526. The van der Waals surface area contributed by atoms with Crippen LogP contribution < -0.4 is 5.32 Å². The fourth-order valence-electron chi connectivity index (χ4n) is 2.40. The fraction of sp³-hybridized carbons (Fsp3) is 0.786. The number of rotatable bonds is 4. The Kier molecular flexibility index (Phi) is 4.73.